The maximum absolute atomic E-state index is 11.9. The van der Waals surface area contributed by atoms with Gasteiger partial charge in [0.15, 0.2) is 0 Å². The second-order valence-corrected chi connectivity index (χ2v) is 10.1. The lowest BCUT2D eigenvalue weighted by Gasteiger charge is -2.33. The van der Waals surface area contributed by atoms with Crippen LogP contribution >= 0.6 is 0 Å². The van der Waals surface area contributed by atoms with E-state index in [1.54, 1.807) is 0 Å². The fraction of sp³-hybridized carbons (Fsp3) is 0.481. The fourth-order valence-electron chi connectivity index (χ4n) is 4.62. The number of benzene rings is 2. The summed E-state index contributed by atoms with van der Waals surface area (Å²) in [5.41, 5.74) is 4.62. The Bertz CT molecular complexity index is 1030. The van der Waals surface area contributed by atoms with Gasteiger partial charge in [0.2, 0.25) is 0 Å². The number of carbonyl (C=O) groups excluding carboxylic acids is 1. The van der Waals surface area contributed by atoms with E-state index in [0.29, 0.717) is 12.3 Å². The molecule has 1 N–H and O–H groups in total. The molecular weight excluding hydrogens is 398 g/mol. The van der Waals surface area contributed by atoms with Gasteiger partial charge in [-0.05, 0) is 87.7 Å². The van der Waals surface area contributed by atoms with Crippen molar-refractivity contribution in [2.24, 2.45) is 5.92 Å². The molecule has 1 aromatic heterocycles. The number of fused-ring (bicyclic) bond motifs is 1. The zero-order chi connectivity index (χ0) is 22.6. The highest BCUT2D eigenvalue weighted by Crippen LogP contribution is 2.24. The fourth-order valence-corrected chi connectivity index (χ4v) is 4.62. The molecule has 32 heavy (non-hydrogen) atoms. The normalized spacial score (nSPS) is 17.5. The highest BCUT2D eigenvalue weighted by molar-refractivity contribution is 5.78. The molecule has 2 aromatic carbocycles. The van der Waals surface area contributed by atoms with Crippen LogP contribution < -0.4 is 0 Å². The van der Waals surface area contributed by atoms with Crippen molar-refractivity contribution in [3.8, 4) is 0 Å². The van der Waals surface area contributed by atoms with E-state index in [2.05, 4.69) is 57.6 Å². The van der Waals surface area contributed by atoms with Gasteiger partial charge in [-0.1, -0.05) is 30.3 Å². The molecule has 5 heteroatoms. The van der Waals surface area contributed by atoms with Crippen molar-refractivity contribution in [1.29, 1.82) is 0 Å². The Morgan fingerprint density at radius 2 is 1.88 bits per heavy atom. The molecule has 1 fully saturated rings. The highest BCUT2D eigenvalue weighted by Gasteiger charge is 2.21. The zero-order valence-corrected chi connectivity index (χ0v) is 19.6. The minimum atomic E-state index is -0.417. The SMILES string of the molecule is CC(C)(C)OC(=O)CCc1ccc(CN2CCCC(Cc3ccc4[nH]ncc4c3)C2)cc1. The number of rotatable bonds is 7. The third-order valence-corrected chi connectivity index (χ3v) is 6.10. The molecule has 170 valence electrons. The van der Waals surface area contributed by atoms with Gasteiger partial charge >= 0.3 is 5.97 Å². The van der Waals surface area contributed by atoms with Crippen molar-refractivity contribution in [2.75, 3.05) is 13.1 Å². The van der Waals surface area contributed by atoms with E-state index in [1.165, 1.54) is 34.9 Å². The van der Waals surface area contributed by atoms with Crippen LogP contribution in [0.3, 0.4) is 0 Å². The Kier molecular flexibility index (Phi) is 6.95. The minimum absolute atomic E-state index is 0.132. The molecule has 1 saturated heterocycles. The largest absolute Gasteiger partial charge is 0.460 e. The molecule has 3 aromatic rings. The lowest BCUT2D eigenvalue weighted by molar-refractivity contribution is -0.154. The number of likely N-dealkylation sites (tertiary alicyclic amines) is 1. The number of hydrogen-bond acceptors (Lipinski definition) is 4. The van der Waals surface area contributed by atoms with Crippen LogP contribution in [0, 0.1) is 5.92 Å². The summed E-state index contributed by atoms with van der Waals surface area (Å²) in [5, 5.41) is 8.36. The number of H-pyrrole nitrogens is 1. The van der Waals surface area contributed by atoms with Crippen molar-refractivity contribution < 1.29 is 9.53 Å². The summed E-state index contributed by atoms with van der Waals surface area (Å²) in [6.07, 6.45) is 6.73. The number of piperidine rings is 1. The monoisotopic (exact) mass is 433 g/mol. The zero-order valence-electron chi connectivity index (χ0n) is 19.6. The van der Waals surface area contributed by atoms with Crippen molar-refractivity contribution in [3.63, 3.8) is 0 Å². The van der Waals surface area contributed by atoms with Gasteiger partial charge < -0.3 is 4.74 Å². The van der Waals surface area contributed by atoms with Gasteiger partial charge in [0.25, 0.3) is 0 Å². The van der Waals surface area contributed by atoms with Gasteiger partial charge in [-0.25, -0.2) is 0 Å². The molecular formula is C27H35N3O2. The molecule has 1 aliphatic heterocycles. The van der Waals surface area contributed by atoms with Crippen LogP contribution in [-0.2, 0) is 28.9 Å². The van der Waals surface area contributed by atoms with E-state index in [9.17, 15) is 4.79 Å². The Morgan fingerprint density at radius 3 is 2.66 bits per heavy atom. The number of hydrogen-bond donors (Lipinski definition) is 1. The summed E-state index contributed by atoms with van der Waals surface area (Å²) in [5.74, 6) is 0.564. The highest BCUT2D eigenvalue weighted by atomic mass is 16.6. The van der Waals surface area contributed by atoms with E-state index < -0.39 is 5.60 Å². The molecule has 0 bridgehead atoms. The standard InChI is InChI=1S/C27H35N3O2/c1-27(2,3)32-26(31)13-11-20-6-8-21(9-7-20)18-30-14-4-5-23(19-30)15-22-10-12-25-24(16-22)17-28-29-25/h6-10,12,16-17,23H,4-5,11,13-15,18-19H2,1-3H3,(H,28,29). The quantitative estimate of drug-likeness (QED) is 0.514. The topological polar surface area (TPSA) is 58.2 Å². The molecule has 0 spiro atoms. The first kappa shape index (κ1) is 22.5. The van der Waals surface area contributed by atoms with Gasteiger partial charge in [0.05, 0.1) is 11.7 Å². The maximum Gasteiger partial charge on any atom is 0.306 e. The number of nitrogens with zero attached hydrogens (tertiary/aromatic N) is 2. The van der Waals surface area contributed by atoms with Crippen LogP contribution in [0.15, 0.2) is 48.7 Å². The lowest BCUT2D eigenvalue weighted by atomic mass is 9.90. The van der Waals surface area contributed by atoms with E-state index in [-0.39, 0.29) is 5.97 Å². The Labute approximate surface area is 191 Å². The summed E-state index contributed by atoms with van der Waals surface area (Å²) < 4.78 is 5.40. The molecule has 0 aliphatic carbocycles. The Hall–Kier alpha value is -2.66. The molecule has 0 saturated carbocycles. The molecule has 0 amide bonds. The number of esters is 1. The second-order valence-electron chi connectivity index (χ2n) is 10.1. The van der Waals surface area contributed by atoms with E-state index in [0.717, 1.165) is 38.0 Å². The van der Waals surface area contributed by atoms with Crippen LogP contribution in [0.25, 0.3) is 10.9 Å². The van der Waals surface area contributed by atoms with Gasteiger partial charge in [-0.2, -0.15) is 5.10 Å². The van der Waals surface area contributed by atoms with Crippen LogP contribution in [0.4, 0.5) is 0 Å². The average molecular weight is 434 g/mol. The van der Waals surface area contributed by atoms with Crippen LogP contribution in [0.2, 0.25) is 0 Å². The maximum atomic E-state index is 11.9. The number of ether oxygens (including phenoxy) is 1. The summed E-state index contributed by atoms with van der Waals surface area (Å²) in [6.45, 7) is 9.01. The third kappa shape index (κ3) is 6.42. The summed E-state index contributed by atoms with van der Waals surface area (Å²) in [4.78, 5) is 14.5. The van der Waals surface area contributed by atoms with E-state index in [1.807, 2.05) is 27.0 Å². The number of aromatic amines is 1. The lowest BCUT2D eigenvalue weighted by Crippen LogP contribution is -2.35. The van der Waals surface area contributed by atoms with E-state index >= 15 is 0 Å². The molecule has 0 radical (unpaired) electrons. The number of carbonyl (C=O) groups is 1. The molecule has 4 rings (SSSR count). The number of nitrogens with one attached hydrogen (secondary N) is 1. The van der Waals surface area contributed by atoms with Crippen molar-refractivity contribution >= 4 is 16.9 Å². The van der Waals surface area contributed by atoms with Crippen LogP contribution in [0.5, 0.6) is 0 Å². The van der Waals surface area contributed by atoms with Crippen LogP contribution in [-0.4, -0.2) is 39.8 Å². The summed E-state index contributed by atoms with van der Waals surface area (Å²) in [7, 11) is 0. The number of aryl methyl sites for hydroxylation is 1. The first-order valence-electron chi connectivity index (χ1n) is 11.8. The summed E-state index contributed by atoms with van der Waals surface area (Å²) >= 11 is 0. The van der Waals surface area contributed by atoms with Crippen molar-refractivity contribution in [3.05, 3.63) is 65.4 Å². The predicted octanol–water partition coefficient (Wildman–Crippen LogP) is 5.29. The van der Waals surface area contributed by atoms with Crippen LogP contribution in [0.1, 0.15) is 56.7 Å². The van der Waals surface area contributed by atoms with Crippen molar-refractivity contribution in [2.45, 2.75) is 65.0 Å². The van der Waals surface area contributed by atoms with E-state index in [4.69, 9.17) is 4.74 Å². The second kappa shape index (κ2) is 9.86. The Balaban J connectivity index is 1.26. The number of aromatic nitrogens is 2. The summed E-state index contributed by atoms with van der Waals surface area (Å²) in [6, 6.07) is 15.4. The smallest absolute Gasteiger partial charge is 0.306 e. The van der Waals surface area contributed by atoms with Gasteiger partial charge in [0.1, 0.15) is 5.60 Å². The van der Waals surface area contributed by atoms with Crippen molar-refractivity contribution in [1.82, 2.24) is 15.1 Å². The molecule has 1 aliphatic rings. The molecule has 5 nitrogen and oxygen atoms in total. The first-order valence-corrected chi connectivity index (χ1v) is 11.8. The van der Waals surface area contributed by atoms with Gasteiger partial charge in [0, 0.05) is 24.9 Å². The molecule has 2 heterocycles. The first-order chi connectivity index (χ1) is 15.3. The third-order valence-electron chi connectivity index (χ3n) is 6.10. The Morgan fingerprint density at radius 1 is 1.12 bits per heavy atom. The molecule has 1 unspecified atom stereocenters. The minimum Gasteiger partial charge on any atom is -0.460 e. The van der Waals surface area contributed by atoms with Gasteiger partial charge in [-0.3, -0.25) is 14.8 Å². The van der Waals surface area contributed by atoms with Gasteiger partial charge in [-0.15, -0.1) is 0 Å². The predicted molar refractivity (Wildman–Crippen MR) is 128 cm³/mol. The average Bonchev–Trinajstić information content (AvgIpc) is 3.20. The molecule has 1 atom stereocenters.